The topological polar surface area (TPSA) is 78.7 Å². The van der Waals surface area contributed by atoms with Crippen LogP contribution in [0.4, 0.5) is 5.69 Å². The van der Waals surface area contributed by atoms with Gasteiger partial charge in [0.2, 0.25) is 10.0 Å². The van der Waals surface area contributed by atoms with Crippen molar-refractivity contribution in [2.45, 2.75) is 43.9 Å². The third kappa shape index (κ3) is 8.49. The van der Waals surface area contributed by atoms with Gasteiger partial charge in [-0.1, -0.05) is 19.8 Å². The van der Waals surface area contributed by atoms with Crippen LogP contribution in [-0.2, 0) is 10.0 Å². The molecular weight excluding hydrogens is 348 g/mol. The van der Waals surface area contributed by atoms with Gasteiger partial charge in [0.15, 0.2) is 0 Å². The molecule has 0 aliphatic carbocycles. The Morgan fingerprint density at radius 2 is 1.58 bits per heavy atom. The molecule has 0 spiro atoms. The molecule has 1 aromatic carbocycles. The van der Waals surface area contributed by atoms with Crippen molar-refractivity contribution < 1.29 is 8.42 Å². The van der Waals surface area contributed by atoms with Gasteiger partial charge in [-0.2, -0.15) is 0 Å². The molecule has 0 bridgehead atoms. The van der Waals surface area contributed by atoms with Gasteiger partial charge in [-0.3, -0.25) is 0 Å². The molecule has 3 N–H and O–H groups in total. The molecule has 150 valence electrons. The molecule has 1 aromatic rings. The van der Waals surface area contributed by atoms with Crippen molar-refractivity contribution in [2.24, 2.45) is 5.73 Å². The third-order valence-corrected chi connectivity index (χ3v) is 5.84. The minimum Gasteiger partial charge on any atom is -0.378 e. The summed E-state index contributed by atoms with van der Waals surface area (Å²) in [6.07, 6.45) is 5.40. The second kappa shape index (κ2) is 12.3. The van der Waals surface area contributed by atoms with Gasteiger partial charge in [0.25, 0.3) is 0 Å². The van der Waals surface area contributed by atoms with E-state index in [2.05, 4.69) is 16.5 Å². The van der Waals surface area contributed by atoms with Crippen molar-refractivity contribution in [2.75, 3.05) is 51.7 Å². The molecule has 6 nitrogen and oxygen atoms in total. The zero-order valence-electron chi connectivity index (χ0n) is 16.6. The summed E-state index contributed by atoms with van der Waals surface area (Å²) in [5, 5.41) is 0. The minimum absolute atomic E-state index is 0.311. The fourth-order valence-electron chi connectivity index (χ4n) is 2.75. The minimum atomic E-state index is -3.45. The molecule has 0 aliphatic rings. The van der Waals surface area contributed by atoms with Crippen molar-refractivity contribution in [1.82, 2.24) is 9.62 Å². The number of nitrogens with zero attached hydrogens (tertiary/aromatic N) is 2. The standard InChI is InChI=1S/C19H36N4O2S/c1-4-5-6-15-23(16-7-13-20)17-8-14-21-26(24,25)19-11-9-18(10-12-19)22(2)3/h9-12,21H,4-8,13-17,20H2,1-3H3. The molecule has 0 saturated carbocycles. The Bertz CT molecular complexity index is 588. The number of hydrogen-bond acceptors (Lipinski definition) is 5. The summed E-state index contributed by atoms with van der Waals surface area (Å²) < 4.78 is 27.5. The average Bonchev–Trinajstić information content (AvgIpc) is 2.62. The van der Waals surface area contributed by atoms with Gasteiger partial charge in [0.05, 0.1) is 4.90 Å². The van der Waals surface area contributed by atoms with Gasteiger partial charge in [-0.15, -0.1) is 0 Å². The maximum atomic E-state index is 12.4. The highest BCUT2D eigenvalue weighted by atomic mass is 32.2. The first-order chi connectivity index (χ1) is 12.4. The number of anilines is 1. The Hall–Kier alpha value is -1.15. The highest BCUT2D eigenvalue weighted by Crippen LogP contribution is 2.15. The average molecular weight is 385 g/mol. The van der Waals surface area contributed by atoms with Crippen molar-refractivity contribution >= 4 is 15.7 Å². The largest absolute Gasteiger partial charge is 0.378 e. The summed E-state index contributed by atoms with van der Waals surface area (Å²) in [7, 11) is 0.413. The number of nitrogens with one attached hydrogen (secondary N) is 1. The number of sulfonamides is 1. The van der Waals surface area contributed by atoms with Crippen molar-refractivity contribution in [3.63, 3.8) is 0 Å². The Labute approximate surface area is 159 Å². The van der Waals surface area contributed by atoms with Crippen LogP contribution >= 0.6 is 0 Å². The number of unbranched alkanes of at least 4 members (excludes halogenated alkanes) is 2. The van der Waals surface area contributed by atoms with Crippen LogP contribution in [0.25, 0.3) is 0 Å². The lowest BCUT2D eigenvalue weighted by Crippen LogP contribution is -2.32. The van der Waals surface area contributed by atoms with Crippen molar-refractivity contribution in [1.29, 1.82) is 0 Å². The summed E-state index contributed by atoms with van der Waals surface area (Å²) in [4.78, 5) is 4.65. The van der Waals surface area contributed by atoms with Crippen LogP contribution in [0.5, 0.6) is 0 Å². The van der Waals surface area contributed by atoms with Gasteiger partial charge in [-0.05, 0) is 69.7 Å². The van der Waals surface area contributed by atoms with E-state index in [1.807, 2.05) is 31.1 Å². The van der Waals surface area contributed by atoms with Crippen LogP contribution < -0.4 is 15.4 Å². The van der Waals surface area contributed by atoms with Crippen LogP contribution in [0.1, 0.15) is 39.0 Å². The third-order valence-electron chi connectivity index (χ3n) is 4.36. The predicted octanol–water partition coefficient (Wildman–Crippen LogP) is 2.26. The number of benzene rings is 1. The molecule has 0 aromatic heterocycles. The van der Waals surface area contributed by atoms with E-state index < -0.39 is 10.0 Å². The van der Waals surface area contributed by atoms with E-state index in [1.54, 1.807) is 12.1 Å². The predicted molar refractivity (Wildman–Crippen MR) is 110 cm³/mol. The molecule has 0 heterocycles. The quantitative estimate of drug-likeness (QED) is 0.481. The van der Waals surface area contributed by atoms with Crippen LogP contribution in [0, 0.1) is 0 Å². The van der Waals surface area contributed by atoms with E-state index in [4.69, 9.17) is 5.73 Å². The molecule has 0 amide bonds. The zero-order chi connectivity index (χ0) is 19.4. The maximum Gasteiger partial charge on any atom is 0.240 e. The van der Waals surface area contributed by atoms with Gasteiger partial charge < -0.3 is 15.5 Å². The second-order valence-electron chi connectivity index (χ2n) is 6.83. The Morgan fingerprint density at radius 3 is 2.15 bits per heavy atom. The molecule has 0 radical (unpaired) electrons. The van der Waals surface area contributed by atoms with E-state index in [1.165, 1.54) is 19.3 Å². The molecule has 7 heteroatoms. The van der Waals surface area contributed by atoms with E-state index in [9.17, 15) is 8.42 Å². The van der Waals surface area contributed by atoms with Gasteiger partial charge in [-0.25, -0.2) is 13.1 Å². The fraction of sp³-hybridized carbons (Fsp3) is 0.684. The normalized spacial score (nSPS) is 11.9. The Balaban J connectivity index is 2.45. The molecule has 26 heavy (non-hydrogen) atoms. The summed E-state index contributed by atoms with van der Waals surface area (Å²) >= 11 is 0. The second-order valence-corrected chi connectivity index (χ2v) is 8.60. The van der Waals surface area contributed by atoms with E-state index in [0.717, 1.165) is 38.2 Å². The molecule has 0 fully saturated rings. The molecule has 0 saturated heterocycles. The SMILES string of the molecule is CCCCCN(CCCN)CCCNS(=O)(=O)c1ccc(N(C)C)cc1. The van der Waals surface area contributed by atoms with E-state index in [-0.39, 0.29) is 0 Å². The number of nitrogens with two attached hydrogens (primary N) is 1. The first-order valence-electron chi connectivity index (χ1n) is 9.60. The lowest BCUT2D eigenvalue weighted by Gasteiger charge is -2.22. The highest BCUT2D eigenvalue weighted by molar-refractivity contribution is 7.89. The lowest BCUT2D eigenvalue weighted by atomic mass is 10.2. The first-order valence-corrected chi connectivity index (χ1v) is 11.1. The zero-order valence-corrected chi connectivity index (χ0v) is 17.4. The maximum absolute atomic E-state index is 12.4. The number of hydrogen-bond donors (Lipinski definition) is 2. The van der Waals surface area contributed by atoms with E-state index >= 15 is 0 Å². The first kappa shape index (κ1) is 22.9. The van der Waals surface area contributed by atoms with Gasteiger partial charge in [0, 0.05) is 26.3 Å². The summed E-state index contributed by atoms with van der Waals surface area (Å²) in [6, 6.07) is 6.93. The molecule has 0 aliphatic heterocycles. The summed E-state index contributed by atoms with van der Waals surface area (Å²) in [5.41, 5.74) is 6.59. The van der Waals surface area contributed by atoms with Crippen LogP contribution in [0.3, 0.4) is 0 Å². The lowest BCUT2D eigenvalue weighted by molar-refractivity contribution is 0.263. The smallest absolute Gasteiger partial charge is 0.240 e. The number of rotatable bonds is 14. The monoisotopic (exact) mass is 384 g/mol. The van der Waals surface area contributed by atoms with Crippen LogP contribution in [0.2, 0.25) is 0 Å². The Kier molecular flexibility index (Phi) is 10.8. The van der Waals surface area contributed by atoms with Crippen LogP contribution in [0.15, 0.2) is 29.2 Å². The molecule has 1 rings (SSSR count). The van der Waals surface area contributed by atoms with Crippen molar-refractivity contribution in [3.05, 3.63) is 24.3 Å². The van der Waals surface area contributed by atoms with Crippen molar-refractivity contribution in [3.8, 4) is 0 Å². The van der Waals surface area contributed by atoms with Gasteiger partial charge >= 0.3 is 0 Å². The highest BCUT2D eigenvalue weighted by Gasteiger charge is 2.13. The molecule has 0 unspecified atom stereocenters. The van der Waals surface area contributed by atoms with Gasteiger partial charge in [0.1, 0.15) is 0 Å². The Morgan fingerprint density at radius 1 is 0.962 bits per heavy atom. The summed E-state index contributed by atoms with van der Waals surface area (Å²) in [6.45, 7) is 6.28. The fourth-order valence-corrected chi connectivity index (χ4v) is 3.83. The summed E-state index contributed by atoms with van der Waals surface area (Å²) in [5.74, 6) is 0. The molecule has 0 atom stereocenters. The molecular formula is C19H36N4O2S. The van der Waals surface area contributed by atoms with E-state index in [0.29, 0.717) is 18.0 Å². The van der Waals surface area contributed by atoms with Crippen LogP contribution in [-0.4, -0.2) is 60.1 Å².